The lowest BCUT2D eigenvalue weighted by molar-refractivity contribution is 0.0594. The van der Waals surface area contributed by atoms with Crippen molar-refractivity contribution < 1.29 is 14.3 Å². The van der Waals surface area contributed by atoms with Gasteiger partial charge >= 0.3 is 5.97 Å². The number of ether oxygens (including phenoxy) is 2. The molecule has 2 aromatic rings. The maximum absolute atomic E-state index is 11.7. The lowest BCUT2D eigenvalue weighted by Gasteiger charge is -2.04. The molecular formula is C11H12Cl2N4O3. The average molecular weight is 319 g/mol. The standard InChI is InChI=1S/C11H12Cl2N4O3/c1-3-20-5-4-17-8-6(7(16-17)10(18)19-2)14-11(13)15-9(8)12/h3-5H2,1-2H3. The van der Waals surface area contributed by atoms with E-state index in [1.807, 2.05) is 6.92 Å². The molecule has 0 aliphatic heterocycles. The summed E-state index contributed by atoms with van der Waals surface area (Å²) in [6, 6.07) is 0. The van der Waals surface area contributed by atoms with Gasteiger partial charge in [0.1, 0.15) is 11.0 Å². The predicted octanol–water partition coefficient (Wildman–Crippen LogP) is 1.96. The molecule has 2 aromatic heterocycles. The number of fused-ring (bicyclic) bond motifs is 1. The molecule has 0 fully saturated rings. The highest BCUT2D eigenvalue weighted by Crippen LogP contribution is 2.25. The Balaban J connectivity index is 2.54. The number of nitrogens with zero attached hydrogens (tertiary/aromatic N) is 4. The highest BCUT2D eigenvalue weighted by molar-refractivity contribution is 6.35. The first-order chi connectivity index (χ1) is 9.58. The highest BCUT2D eigenvalue weighted by atomic mass is 35.5. The summed E-state index contributed by atoms with van der Waals surface area (Å²) in [4.78, 5) is 19.6. The number of aromatic nitrogens is 4. The van der Waals surface area contributed by atoms with Crippen molar-refractivity contribution in [2.75, 3.05) is 20.3 Å². The fourth-order valence-electron chi connectivity index (χ4n) is 1.71. The number of hydrogen-bond donors (Lipinski definition) is 0. The van der Waals surface area contributed by atoms with Crippen LogP contribution in [0.3, 0.4) is 0 Å². The number of methoxy groups -OCH3 is 1. The van der Waals surface area contributed by atoms with Gasteiger partial charge in [-0.25, -0.2) is 14.8 Å². The lowest BCUT2D eigenvalue weighted by Crippen LogP contribution is -2.09. The molecule has 0 unspecified atom stereocenters. The molecule has 7 nitrogen and oxygen atoms in total. The number of carbonyl (C=O) groups is 1. The van der Waals surface area contributed by atoms with Gasteiger partial charge in [0.25, 0.3) is 0 Å². The van der Waals surface area contributed by atoms with Crippen molar-refractivity contribution in [2.45, 2.75) is 13.5 Å². The van der Waals surface area contributed by atoms with Crippen LogP contribution in [0.4, 0.5) is 0 Å². The molecule has 0 spiro atoms. The van der Waals surface area contributed by atoms with Crippen LogP contribution in [0, 0.1) is 0 Å². The Kier molecular flexibility index (Phi) is 4.74. The smallest absolute Gasteiger partial charge is 0.360 e. The first-order valence-corrected chi connectivity index (χ1v) is 6.59. The molecule has 0 aliphatic carbocycles. The third kappa shape index (κ3) is 2.84. The number of esters is 1. The Morgan fingerprint density at radius 3 is 2.75 bits per heavy atom. The molecule has 0 aliphatic rings. The van der Waals surface area contributed by atoms with E-state index in [2.05, 4.69) is 19.8 Å². The Morgan fingerprint density at radius 2 is 2.10 bits per heavy atom. The van der Waals surface area contributed by atoms with E-state index in [1.165, 1.54) is 11.8 Å². The van der Waals surface area contributed by atoms with Gasteiger partial charge in [-0.2, -0.15) is 5.10 Å². The maximum Gasteiger partial charge on any atom is 0.360 e. The molecule has 0 bridgehead atoms. The van der Waals surface area contributed by atoms with E-state index in [4.69, 9.17) is 27.9 Å². The molecule has 108 valence electrons. The zero-order valence-electron chi connectivity index (χ0n) is 10.9. The van der Waals surface area contributed by atoms with Crippen LogP contribution < -0.4 is 0 Å². The summed E-state index contributed by atoms with van der Waals surface area (Å²) in [5.74, 6) is -0.615. The largest absolute Gasteiger partial charge is 0.464 e. The molecule has 2 rings (SSSR count). The van der Waals surface area contributed by atoms with E-state index >= 15 is 0 Å². The fourth-order valence-corrected chi connectivity index (χ4v) is 2.18. The monoisotopic (exact) mass is 318 g/mol. The van der Waals surface area contributed by atoms with Gasteiger partial charge in [-0.3, -0.25) is 4.68 Å². The molecule has 20 heavy (non-hydrogen) atoms. The summed E-state index contributed by atoms with van der Waals surface area (Å²) in [6.45, 7) is 3.30. The van der Waals surface area contributed by atoms with Crippen molar-refractivity contribution in [3.05, 3.63) is 16.1 Å². The van der Waals surface area contributed by atoms with Crippen molar-refractivity contribution in [1.82, 2.24) is 19.7 Å². The van der Waals surface area contributed by atoms with Crippen molar-refractivity contribution in [3.63, 3.8) is 0 Å². The topological polar surface area (TPSA) is 79.1 Å². The number of carbonyl (C=O) groups excluding carboxylic acids is 1. The van der Waals surface area contributed by atoms with Gasteiger partial charge in [0.05, 0.1) is 20.3 Å². The van der Waals surface area contributed by atoms with E-state index < -0.39 is 5.97 Å². The first-order valence-electron chi connectivity index (χ1n) is 5.84. The Bertz CT molecular complexity index is 644. The molecule has 0 saturated heterocycles. The first kappa shape index (κ1) is 15.0. The SMILES string of the molecule is CCOCCn1nc(C(=O)OC)c2nc(Cl)nc(Cl)c21. The van der Waals surface area contributed by atoms with Crippen LogP contribution >= 0.6 is 23.2 Å². The summed E-state index contributed by atoms with van der Waals surface area (Å²) in [6.07, 6.45) is 0. The van der Waals surface area contributed by atoms with E-state index in [0.29, 0.717) is 25.3 Å². The van der Waals surface area contributed by atoms with Gasteiger partial charge < -0.3 is 9.47 Å². The van der Waals surface area contributed by atoms with Gasteiger partial charge in [0.2, 0.25) is 5.28 Å². The van der Waals surface area contributed by atoms with Gasteiger partial charge in [-0.05, 0) is 18.5 Å². The second-order valence-electron chi connectivity index (χ2n) is 3.74. The van der Waals surface area contributed by atoms with Crippen LogP contribution in [0.2, 0.25) is 10.4 Å². The van der Waals surface area contributed by atoms with Gasteiger partial charge in [-0.1, -0.05) is 11.6 Å². The molecule has 0 atom stereocenters. The van der Waals surface area contributed by atoms with Crippen molar-refractivity contribution in [2.24, 2.45) is 0 Å². The fraction of sp³-hybridized carbons (Fsp3) is 0.455. The minimum absolute atomic E-state index is 0.0465. The number of halogens is 2. The Labute approximate surface area is 124 Å². The molecule has 0 aromatic carbocycles. The molecule has 2 heterocycles. The summed E-state index contributed by atoms with van der Waals surface area (Å²) < 4.78 is 11.4. The van der Waals surface area contributed by atoms with Gasteiger partial charge in [0.15, 0.2) is 10.8 Å². The van der Waals surface area contributed by atoms with Crippen LogP contribution in [-0.2, 0) is 16.0 Å². The minimum Gasteiger partial charge on any atom is -0.464 e. The van der Waals surface area contributed by atoms with E-state index in [-0.39, 0.29) is 21.6 Å². The molecular weight excluding hydrogens is 307 g/mol. The third-order valence-electron chi connectivity index (χ3n) is 2.55. The molecule has 0 radical (unpaired) electrons. The zero-order valence-corrected chi connectivity index (χ0v) is 12.4. The average Bonchev–Trinajstić information content (AvgIpc) is 2.77. The van der Waals surface area contributed by atoms with Crippen molar-refractivity contribution in [3.8, 4) is 0 Å². The van der Waals surface area contributed by atoms with Gasteiger partial charge in [-0.15, -0.1) is 0 Å². The van der Waals surface area contributed by atoms with E-state index in [1.54, 1.807) is 0 Å². The normalized spacial score (nSPS) is 11.0. The minimum atomic E-state index is -0.615. The molecule has 9 heteroatoms. The van der Waals surface area contributed by atoms with Crippen LogP contribution in [-0.4, -0.2) is 46.0 Å². The van der Waals surface area contributed by atoms with Crippen LogP contribution in [0.1, 0.15) is 17.4 Å². The Hall–Kier alpha value is -1.44. The summed E-state index contributed by atoms with van der Waals surface area (Å²) in [5, 5.41) is 4.22. The summed E-state index contributed by atoms with van der Waals surface area (Å²) >= 11 is 11.8. The van der Waals surface area contributed by atoms with Gasteiger partial charge in [0, 0.05) is 6.61 Å². The summed E-state index contributed by atoms with van der Waals surface area (Å²) in [7, 11) is 1.26. The number of rotatable bonds is 5. The van der Waals surface area contributed by atoms with Crippen molar-refractivity contribution in [1.29, 1.82) is 0 Å². The van der Waals surface area contributed by atoms with Crippen molar-refractivity contribution >= 4 is 40.2 Å². The quantitative estimate of drug-likeness (QED) is 0.363. The molecule has 0 amide bonds. The lowest BCUT2D eigenvalue weighted by atomic mass is 10.3. The van der Waals surface area contributed by atoms with Crippen LogP contribution in [0.5, 0.6) is 0 Å². The second-order valence-corrected chi connectivity index (χ2v) is 4.44. The molecule has 0 N–H and O–H groups in total. The maximum atomic E-state index is 11.7. The number of hydrogen-bond acceptors (Lipinski definition) is 6. The van der Waals surface area contributed by atoms with E-state index in [9.17, 15) is 4.79 Å². The third-order valence-corrected chi connectivity index (χ3v) is 2.98. The van der Waals surface area contributed by atoms with E-state index in [0.717, 1.165) is 0 Å². The zero-order chi connectivity index (χ0) is 14.7. The van der Waals surface area contributed by atoms with Crippen LogP contribution in [0.25, 0.3) is 11.0 Å². The highest BCUT2D eigenvalue weighted by Gasteiger charge is 2.22. The van der Waals surface area contributed by atoms with Crippen LogP contribution in [0.15, 0.2) is 0 Å². The predicted molar refractivity (Wildman–Crippen MR) is 73.2 cm³/mol. The Morgan fingerprint density at radius 1 is 1.35 bits per heavy atom. The summed E-state index contributed by atoms with van der Waals surface area (Å²) in [5.41, 5.74) is 0.736. The second kappa shape index (κ2) is 6.34. The molecule has 0 saturated carbocycles.